The van der Waals surface area contributed by atoms with Crippen molar-refractivity contribution in [2.75, 3.05) is 19.7 Å². The summed E-state index contributed by atoms with van der Waals surface area (Å²) in [5.74, 6) is 0.609. The highest BCUT2D eigenvalue weighted by Gasteiger charge is 2.51. The predicted molar refractivity (Wildman–Crippen MR) is 116 cm³/mol. The first-order chi connectivity index (χ1) is 13.7. The lowest BCUT2D eigenvalue weighted by Gasteiger charge is -2.32. The molecule has 29 heavy (non-hydrogen) atoms. The van der Waals surface area contributed by atoms with Gasteiger partial charge in [0.2, 0.25) is 0 Å². The Labute approximate surface area is 176 Å². The average Bonchev–Trinajstić information content (AvgIpc) is 2.90. The lowest BCUT2D eigenvalue weighted by molar-refractivity contribution is 0.00578. The Kier molecular flexibility index (Phi) is 6.95. The van der Waals surface area contributed by atoms with Gasteiger partial charge in [-0.1, -0.05) is 37.6 Å². The largest absolute Gasteiger partial charge is 0.494 e. The Morgan fingerprint density at radius 2 is 1.69 bits per heavy atom. The highest BCUT2D eigenvalue weighted by molar-refractivity contribution is 6.62. The molecule has 1 amide bonds. The van der Waals surface area contributed by atoms with Gasteiger partial charge in [0.05, 0.1) is 17.8 Å². The summed E-state index contributed by atoms with van der Waals surface area (Å²) in [6.45, 7) is 12.5. The van der Waals surface area contributed by atoms with Gasteiger partial charge in [-0.2, -0.15) is 0 Å². The quantitative estimate of drug-likeness (QED) is 0.530. The van der Waals surface area contributed by atoms with Gasteiger partial charge < -0.3 is 18.9 Å². The molecule has 0 aliphatic carbocycles. The number of rotatable bonds is 6. The molecular weight excluding hydrogens is 365 g/mol. The Morgan fingerprint density at radius 3 is 2.24 bits per heavy atom. The normalized spacial score (nSPS) is 21.4. The van der Waals surface area contributed by atoms with Crippen LogP contribution in [0.3, 0.4) is 0 Å². The van der Waals surface area contributed by atoms with Crippen molar-refractivity contribution in [3.05, 3.63) is 29.8 Å². The van der Waals surface area contributed by atoms with Gasteiger partial charge in [0.15, 0.2) is 0 Å². The summed E-state index contributed by atoms with van der Waals surface area (Å²) < 4.78 is 17.6. The van der Waals surface area contributed by atoms with Gasteiger partial charge in [-0.25, -0.2) is 4.79 Å². The summed E-state index contributed by atoms with van der Waals surface area (Å²) in [5.41, 5.74) is 1.76. The summed E-state index contributed by atoms with van der Waals surface area (Å²) in [5, 5.41) is 0. The molecule has 2 fully saturated rings. The van der Waals surface area contributed by atoms with E-state index in [0.717, 1.165) is 50.7 Å². The number of hydrogen-bond donors (Lipinski definition) is 0. The molecule has 2 aliphatic rings. The van der Waals surface area contributed by atoms with Gasteiger partial charge in [0, 0.05) is 13.1 Å². The molecule has 0 radical (unpaired) electrons. The Bertz CT molecular complexity index is 665. The molecule has 0 spiro atoms. The fourth-order valence-electron chi connectivity index (χ4n) is 3.84. The molecule has 1 aromatic carbocycles. The molecule has 2 heterocycles. The summed E-state index contributed by atoms with van der Waals surface area (Å²) >= 11 is 0. The Hall–Kier alpha value is -1.53. The van der Waals surface area contributed by atoms with Crippen LogP contribution in [-0.4, -0.2) is 49.0 Å². The molecule has 0 saturated carbocycles. The minimum atomic E-state index is -0.317. The first-order valence-corrected chi connectivity index (χ1v) is 11.1. The average molecular weight is 401 g/mol. The molecule has 0 aromatic heterocycles. The number of carbonyl (C=O) groups is 1. The van der Waals surface area contributed by atoms with Crippen LogP contribution in [0.5, 0.6) is 0 Å². The van der Waals surface area contributed by atoms with Crippen LogP contribution in [0.15, 0.2) is 24.3 Å². The third-order valence-electron chi connectivity index (χ3n) is 6.63. The van der Waals surface area contributed by atoms with Crippen molar-refractivity contribution in [1.82, 2.24) is 4.90 Å². The zero-order valence-corrected chi connectivity index (χ0v) is 18.7. The van der Waals surface area contributed by atoms with E-state index in [-0.39, 0.29) is 24.4 Å². The van der Waals surface area contributed by atoms with Crippen molar-refractivity contribution in [1.29, 1.82) is 0 Å². The van der Waals surface area contributed by atoms with E-state index in [1.54, 1.807) is 0 Å². The number of amides is 1. The molecule has 0 unspecified atom stereocenters. The van der Waals surface area contributed by atoms with Gasteiger partial charge >= 0.3 is 13.2 Å². The third-order valence-corrected chi connectivity index (χ3v) is 6.63. The van der Waals surface area contributed by atoms with Crippen molar-refractivity contribution < 1.29 is 18.8 Å². The van der Waals surface area contributed by atoms with Crippen LogP contribution < -0.4 is 5.46 Å². The standard InChI is InChI=1S/C23H36BNO4/c1-6-7-16-27-21(26)25-14-12-19(13-15-25)17-18-8-10-20(11-9-18)24-28-22(2,3)23(4,5)29-24/h8-11,19H,6-7,12-17H2,1-5H3. The fraction of sp³-hybridized carbons (Fsp3) is 0.696. The van der Waals surface area contributed by atoms with Gasteiger partial charge in [-0.05, 0) is 70.3 Å². The highest BCUT2D eigenvalue weighted by Crippen LogP contribution is 2.36. The number of benzene rings is 1. The van der Waals surface area contributed by atoms with Crippen LogP contribution >= 0.6 is 0 Å². The van der Waals surface area contributed by atoms with Gasteiger partial charge in [-0.15, -0.1) is 0 Å². The molecule has 160 valence electrons. The van der Waals surface area contributed by atoms with E-state index in [4.69, 9.17) is 14.0 Å². The number of unbranched alkanes of at least 4 members (excludes halogenated alkanes) is 1. The second-order valence-electron chi connectivity index (χ2n) is 9.43. The minimum absolute atomic E-state index is 0.149. The molecule has 0 atom stereocenters. The van der Waals surface area contributed by atoms with Crippen molar-refractivity contribution in [2.45, 2.75) is 77.9 Å². The van der Waals surface area contributed by atoms with Crippen molar-refractivity contribution in [2.24, 2.45) is 5.92 Å². The third kappa shape index (κ3) is 5.34. The van der Waals surface area contributed by atoms with E-state index in [0.29, 0.717) is 12.5 Å². The first kappa shape index (κ1) is 22.2. The monoisotopic (exact) mass is 401 g/mol. The number of likely N-dealkylation sites (tertiary alicyclic amines) is 1. The van der Waals surface area contributed by atoms with Crippen LogP contribution in [0.2, 0.25) is 0 Å². The molecular formula is C23H36BNO4. The maximum absolute atomic E-state index is 12.1. The lowest BCUT2D eigenvalue weighted by atomic mass is 9.78. The molecule has 5 nitrogen and oxygen atoms in total. The second kappa shape index (κ2) is 9.09. The zero-order chi connectivity index (χ0) is 21.1. The molecule has 2 saturated heterocycles. The van der Waals surface area contributed by atoms with Crippen LogP contribution in [0.1, 0.15) is 65.9 Å². The summed E-state index contributed by atoms with van der Waals surface area (Å²) in [6.07, 6.45) is 4.93. The van der Waals surface area contributed by atoms with E-state index >= 15 is 0 Å². The topological polar surface area (TPSA) is 48.0 Å². The lowest BCUT2D eigenvalue weighted by Crippen LogP contribution is -2.41. The number of piperidine rings is 1. The van der Waals surface area contributed by atoms with Crippen LogP contribution in [0.25, 0.3) is 0 Å². The van der Waals surface area contributed by atoms with Crippen LogP contribution in [0, 0.1) is 5.92 Å². The van der Waals surface area contributed by atoms with Gasteiger partial charge in [0.25, 0.3) is 0 Å². The molecule has 2 aliphatic heterocycles. The van der Waals surface area contributed by atoms with E-state index in [1.165, 1.54) is 5.56 Å². The summed E-state index contributed by atoms with van der Waals surface area (Å²) in [7, 11) is -0.309. The number of hydrogen-bond acceptors (Lipinski definition) is 4. The molecule has 6 heteroatoms. The Morgan fingerprint density at radius 1 is 1.10 bits per heavy atom. The van der Waals surface area contributed by atoms with Crippen molar-refractivity contribution >= 4 is 18.7 Å². The maximum atomic E-state index is 12.1. The molecule has 0 bridgehead atoms. The summed E-state index contributed by atoms with van der Waals surface area (Å²) in [4.78, 5) is 13.9. The fourth-order valence-corrected chi connectivity index (χ4v) is 3.84. The molecule has 3 rings (SSSR count). The van der Waals surface area contributed by atoms with Crippen LogP contribution in [0.4, 0.5) is 4.79 Å². The maximum Gasteiger partial charge on any atom is 0.494 e. The van der Waals surface area contributed by atoms with Crippen molar-refractivity contribution in [3.8, 4) is 0 Å². The zero-order valence-electron chi connectivity index (χ0n) is 18.7. The van der Waals surface area contributed by atoms with E-state index < -0.39 is 0 Å². The number of nitrogens with zero attached hydrogens (tertiary/aromatic N) is 1. The predicted octanol–water partition coefficient (Wildman–Crippen LogP) is 4.18. The van der Waals surface area contributed by atoms with Gasteiger partial charge in [0.1, 0.15) is 0 Å². The first-order valence-electron chi connectivity index (χ1n) is 11.1. The molecule has 1 aromatic rings. The van der Waals surface area contributed by atoms with E-state index in [2.05, 4.69) is 58.9 Å². The Balaban J connectivity index is 1.47. The number of ether oxygens (including phenoxy) is 1. The van der Waals surface area contributed by atoms with Crippen molar-refractivity contribution in [3.63, 3.8) is 0 Å². The minimum Gasteiger partial charge on any atom is -0.449 e. The smallest absolute Gasteiger partial charge is 0.449 e. The van der Waals surface area contributed by atoms with Crippen LogP contribution in [-0.2, 0) is 20.5 Å². The molecule has 0 N–H and O–H groups in total. The summed E-state index contributed by atoms with van der Waals surface area (Å²) in [6, 6.07) is 8.62. The van der Waals surface area contributed by atoms with Gasteiger partial charge in [-0.3, -0.25) is 0 Å². The van der Waals surface area contributed by atoms with E-state index in [1.807, 2.05) is 4.90 Å². The number of carbonyl (C=O) groups excluding carboxylic acids is 1. The highest BCUT2D eigenvalue weighted by atomic mass is 16.7. The SMILES string of the molecule is CCCCOC(=O)N1CCC(Cc2ccc(B3OC(C)(C)C(C)(C)O3)cc2)CC1. The van der Waals surface area contributed by atoms with E-state index in [9.17, 15) is 4.79 Å². The second-order valence-corrected chi connectivity index (χ2v) is 9.43.